The van der Waals surface area contributed by atoms with Gasteiger partial charge in [-0.15, -0.1) is 11.3 Å². The number of nitrogens with zero attached hydrogens (tertiary/aromatic N) is 1. The van der Waals surface area contributed by atoms with Crippen molar-refractivity contribution in [2.45, 2.75) is 25.8 Å². The highest BCUT2D eigenvalue weighted by Gasteiger charge is 2.29. The first-order chi connectivity index (χ1) is 10.1. The van der Waals surface area contributed by atoms with Gasteiger partial charge in [0.1, 0.15) is 0 Å². The van der Waals surface area contributed by atoms with E-state index in [1.807, 2.05) is 24.1 Å². The molecule has 1 aromatic carbocycles. The molecule has 2 aromatic rings. The highest BCUT2D eigenvalue weighted by atomic mass is 32.1. The monoisotopic (exact) mass is 299 g/mol. The molecule has 4 heteroatoms. The number of benzene rings is 1. The van der Waals surface area contributed by atoms with Crippen LogP contribution in [-0.2, 0) is 6.42 Å². The molecule has 1 heterocycles. The lowest BCUT2D eigenvalue weighted by molar-refractivity contribution is 0.0735. The lowest BCUT2D eigenvalue weighted by Gasteiger charge is -2.25. The first-order valence-electron chi connectivity index (χ1n) is 7.03. The summed E-state index contributed by atoms with van der Waals surface area (Å²) in [5.74, 6) is 0.00196. The number of Topliss-reactive ketones (excluding diaryl/α,β-unsaturated/α-hetero) is 1. The Morgan fingerprint density at radius 3 is 2.57 bits per heavy atom. The van der Waals surface area contributed by atoms with E-state index in [9.17, 15) is 9.59 Å². The summed E-state index contributed by atoms with van der Waals surface area (Å²) >= 11 is 1.28. The Kier molecular flexibility index (Phi) is 3.64. The van der Waals surface area contributed by atoms with Crippen LogP contribution in [0.25, 0.3) is 0 Å². The van der Waals surface area contributed by atoms with Crippen molar-refractivity contribution in [3.63, 3.8) is 0 Å². The van der Waals surface area contributed by atoms with Gasteiger partial charge in [-0.05, 0) is 43.0 Å². The molecule has 0 saturated carbocycles. The Morgan fingerprint density at radius 1 is 1.14 bits per heavy atom. The predicted octanol–water partition coefficient (Wildman–Crippen LogP) is 3.71. The Labute approximate surface area is 128 Å². The van der Waals surface area contributed by atoms with Gasteiger partial charge in [0.25, 0.3) is 5.91 Å². The van der Waals surface area contributed by atoms with Crippen molar-refractivity contribution in [2.24, 2.45) is 0 Å². The number of aryl methyl sites for hydroxylation is 1. The molecule has 0 saturated heterocycles. The molecule has 3 rings (SSSR count). The minimum Gasteiger partial charge on any atom is -0.334 e. The first kappa shape index (κ1) is 14.0. The molecule has 0 radical (unpaired) electrons. The fraction of sp³-hybridized carbons (Fsp3) is 0.294. The predicted molar refractivity (Wildman–Crippen MR) is 83.9 cm³/mol. The maximum absolute atomic E-state index is 12.6. The van der Waals surface area contributed by atoms with Crippen molar-refractivity contribution in [3.05, 3.63) is 57.3 Å². The van der Waals surface area contributed by atoms with Crippen molar-refractivity contribution < 1.29 is 9.59 Å². The number of fused-ring (bicyclic) bond motifs is 1. The van der Waals surface area contributed by atoms with E-state index in [0.29, 0.717) is 9.75 Å². The van der Waals surface area contributed by atoms with Crippen LogP contribution in [0.3, 0.4) is 0 Å². The van der Waals surface area contributed by atoms with Crippen molar-refractivity contribution in [3.8, 4) is 0 Å². The number of thiophene rings is 1. The smallest absolute Gasteiger partial charge is 0.264 e. The molecule has 1 aliphatic carbocycles. The molecule has 1 amide bonds. The summed E-state index contributed by atoms with van der Waals surface area (Å²) in [6.45, 7) is 1.52. The van der Waals surface area contributed by atoms with Crippen molar-refractivity contribution >= 4 is 23.0 Å². The number of hydrogen-bond donors (Lipinski definition) is 0. The average Bonchev–Trinajstić information content (AvgIpc) is 3.12. The zero-order chi connectivity index (χ0) is 15.0. The molecule has 108 valence electrons. The molecular formula is C17H17NO2S. The van der Waals surface area contributed by atoms with E-state index < -0.39 is 0 Å². The van der Waals surface area contributed by atoms with E-state index in [1.165, 1.54) is 29.4 Å². The summed E-state index contributed by atoms with van der Waals surface area (Å²) in [5.41, 5.74) is 2.58. The second-order valence-corrected chi connectivity index (χ2v) is 6.47. The number of amides is 1. The van der Waals surface area contributed by atoms with Gasteiger partial charge in [0.05, 0.1) is 15.8 Å². The molecule has 1 aliphatic rings. The number of hydrogen-bond acceptors (Lipinski definition) is 3. The summed E-state index contributed by atoms with van der Waals surface area (Å²) in [7, 11) is 1.85. The molecular weight excluding hydrogens is 282 g/mol. The molecule has 0 unspecified atom stereocenters. The zero-order valence-electron chi connectivity index (χ0n) is 12.1. The fourth-order valence-corrected chi connectivity index (χ4v) is 3.78. The van der Waals surface area contributed by atoms with E-state index in [-0.39, 0.29) is 17.7 Å². The van der Waals surface area contributed by atoms with Gasteiger partial charge in [-0.1, -0.05) is 24.3 Å². The molecule has 21 heavy (non-hydrogen) atoms. The van der Waals surface area contributed by atoms with Crippen LogP contribution in [0.4, 0.5) is 0 Å². The average molecular weight is 299 g/mol. The van der Waals surface area contributed by atoms with Crippen LogP contribution in [0.5, 0.6) is 0 Å². The Balaban J connectivity index is 1.83. The van der Waals surface area contributed by atoms with Crippen molar-refractivity contribution in [2.75, 3.05) is 7.05 Å². The van der Waals surface area contributed by atoms with Gasteiger partial charge in [-0.3, -0.25) is 9.59 Å². The SMILES string of the molecule is CC(=O)c1ccc(C(=O)N(C)[C@@H]2CCc3ccccc32)s1. The van der Waals surface area contributed by atoms with Crippen LogP contribution in [0.1, 0.15) is 49.9 Å². The Morgan fingerprint density at radius 2 is 1.86 bits per heavy atom. The van der Waals surface area contributed by atoms with Gasteiger partial charge in [0.15, 0.2) is 5.78 Å². The second kappa shape index (κ2) is 5.45. The van der Waals surface area contributed by atoms with Gasteiger partial charge in [-0.2, -0.15) is 0 Å². The van der Waals surface area contributed by atoms with Gasteiger partial charge in [0, 0.05) is 7.05 Å². The number of carbonyl (C=O) groups is 2. The van der Waals surface area contributed by atoms with Crippen molar-refractivity contribution in [1.29, 1.82) is 0 Å². The van der Waals surface area contributed by atoms with Crippen LogP contribution in [-0.4, -0.2) is 23.6 Å². The van der Waals surface area contributed by atoms with Crippen LogP contribution < -0.4 is 0 Å². The highest BCUT2D eigenvalue weighted by Crippen LogP contribution is 2.35. The summed E-state index contributed by atoms with van der Waals surface area (Å²) in [6, 6.07) is 11.9. The summed E-state index contributed by atoms with van der Waals surface area (Å²) in [6.07, 6.45) is 1.98. The normalized spacial score (nSPS) is 16.6. The summed E-state index contributed by atoms with van der Waals surface area (Å²) in [4.78, 5) is 27.0. The quantitative estimate of drug-likeness (QED) is 0.810. The molecule has 0 spiro atoms. The standard InChI is InChI=1S/C17H17NO2S/c1-11(19)15-9-10-16(21-15)17(20)18(2)14-8-7-12-5-3-4-6-13(12)14/h3-6,9-10,14H,7-8H2,1-2H3/t14-/m1/s1. The first-order valence-corrected chi connectivity index (χ1v) is 7.85. The minimum atomic E-state index is -0.00537. The van der Waals surface area contributed by atoms with E-state index in [2.05, 4.69) is 12.1 Å². The third-order valence-electron chi connectivity index (χ3n) is 4.05. The molecule has 3 nitrogen and oxygen atoms in total. The Bertz CT molecular complexity index is 704. The van der Waals surface area contributed by atoms with Crippen LogP contribution in [0, 0.1) is 0 Å². The maximum atomic E-state index is 12.6. The third kappa shape index (κ3) is 2.51. The zero-order valence-corrected chi connectivity index (χ0v) is 12.9. The van der Waals surface area contributed by atoms with Gasteiger partial charge >= 0.3 is 0 Å². The van der Waals surface area contributed by atoms with Crippen LogP contribution >= 0.6 is 11.3 Å². The second-order valence-electron chi connectivity index (χ2n) is 5.39. The lowest BCUT2D eigenvalue weighted by Crippen LogP contribution is -2.29. The fourth-order valence-electron chi connectivity index (χ4n) is 2.89. The van der Waals surface area contributed by atoms with Crippen molar-refractivity contribution in [1.82, 2.24) is 4.90 Å². The van der Waals surface area contributed by atoms with Gasteiger partial charge in [0.2, 0.25) is 0 Å². The number of rotatable bonds is 3. The molecule has 0 bridgehead atoms. The van der Waals surface area contributed by atoms with E-state index in [4.69, 9.17) is 0 Å². The van der Waals surface area contributed by atoms with E-state index >= 15 is 0 Å². The topological polar surface area (TPSA) is 37.4 Å². The third-order valence-corrected chi connectivity index (χ3v) is 5.23. The van der Waals surface area contributed by atoms with Crippen LogP contribution in [0.2, 0.25) is 0 Å². The minimum absolute atomic E-state index is 0.00537. The van der Waals surface area contributed by atoms with Gasteiger partial charge in [-0.25, -0.2) is 0 Å². The Hall–Kier alpha value is -1.94. The van der Waals surface area contributed by atoms with Crippen LogP contribution in [0.15, 0.2) is 36.4 Å². The number of carbonyl (C=O) groups excluding carboxylic acids is 2. The largest absolute Gasteiger partial charge is 0.334 e. The van der Waals surface area contributed by atoms with E-state index in [0.717, 1.165) is 12.8 Å². The summed E-state index contributed by atoms with van der Waals surface area (Å²) < 4.78 is 0. The number of ketones is 1. The lowest BCUT2D eigenvalue weighted by atomic mass is 10.1. The molecule has 0 N–H and O–H groups in total. The van der Waals surface area contributed by atoms with Gasteiger partial charge < -0.3 is 4.90 Å². The molecule has 0 aliphatic heterocycles. The highest BCUT2D eigenvalue weighted by molar-refractivity contribution is 7.15. The molecule has 1 atom stereocenters. The summed E-state index contributed by atoms with van der Waals surface area (Å²) in [5, 5.41) is 0. The molecule has 0 fully saturated rings. The molecule has 1 aromatic heterocycles. The maximum Gasteiger partial charge on any atom is 0.264 e. The van der Waals surface area contributed by atoms with E-state index in [1.54, 1.807) is 12.1 Å².